The minimum atomic E-state index is -0.445. The summed E-state index contributed by atoms with van der Waals surface area (Å²) in [5.41, 5.74) is -0.0368. The summed E-state index contributed by atoms with van der Waals surface area (Å²) in [5.74, 6) is 0.250. The lowest BCUT2D eigenvalue weighted by atomic mass is 10.1. The SMILES string of the molecule is O=[N+]([O-])c1ccccc1OSc1cccc2ccccc12. The van der Waals surface area contributed by atoms with Gasteiger partial charge in [0.25, 0.3) is 0 Å². The highest BCUT2D eigenvalue weighted by molar-refractivity contribution is 7.95. The molecule has 0 spiro atoms. The molecule has 3 rings (SSSR count). The highest BCUT2D eigenvalue weighted by Gasteiger charge is 2.14. The molecular weight excluding hydrogens is 286 g/mol. The van der Waals surface area contributed by atoms with E-state index in [1.54, 1.807) is 18.2 Å². The highest BCUT2D eigenvalue weighted by Crippen LogP contribution is 2.34. The summed E-state index contributed by atoms with van der Waals surface area (Å²) in [4.78, 5) is 11.4. The molecule has 3 aromatic rings. The summed E-state index contributed by atoms with van der Waals surface area (Å²) in [5, 5.41) is 13.1. The monoisotopic (exact) mass is 297 g/mol. The quantitative estimate of drug-likeness (QED) is 0.393. The van der Waals surface area contributed by atoms with Crippen molar-refractivity contribution in [3.05, 3.63) is 76.8 Å². The third-order valence-electron chi connectivity index (χ3n) is 3.03. The van der Waals surface area contributed by atoms with Crippen LogP contribution in [0, 0.1) is 10.1 Å². The molecule has 0 atom stereocenters. The van der Waals surface area contributed by atoms with Crippen LogP contribution < -0.4 is 4.18 Å². The van der Waals surface area contributed by atoms with E-state index in [1.165, 1.54) is 6.07 Å². The van der Waals surface area contributed by atoms with Gasteiger partial charge in [-0.1, -0.05) is 48.5 Å². The predicted molar refractivity (Wildman–Crippen MR) is 83.5 cm³/mol. The predicted octanol–water partition coefficient (Wildman–Crippen LogP) is 4.83. The maximum atomic E-state index is 11.0. The molecule has 0 N–H and O–H groups in total. The van der Waals surface area contributed by atoms with E-state index in [0.717, 1.165) is 27.7 Å². The molecular formula is C16H11NO3S. The first-order valence-electron chi connectivity index (χ1n) is 6.31. The van der Waals surface area contributed by atoms with Crippen LogP contribution in [0.5, 0.6) is 5.75 Å². The number of fused-ring (bicyclic) bond motifs is 1. The van der Waals surface area contributed by atoms with Crippen LogP contribution in [0.1, 0.15) is 0 Å². The van der Waals surface area contributed by atoms with Crippen molar-refractivity contribution < 1.29 is 9.11 Å². The number of para-hydroxylation sites is 2. The fraction of sp³-hybridized carbons (Fsp3) is 0. The Morgan fingerprint density at radius 1 is 0.905 bits per heavy atom. The standard InChI is InChI=1S/C16H11NO3S/c18-17(19)14-9-3-4-10-15(14)20-21-16-11-5-7-12-6-1-2-8-13(12)16/h1-11H. The van der Waals surface area contributed by atoms with Crippen LogP contribution in [0.15, 0.2) is 71.6 Å². The number of nitrogens with zero attached hydrogens (tertiary/aromatic N) is 1. The Labute approximate surface area is 125 Å². The molecule has 0 bridgehead atoms. The van der Waals surface area contributed by atoms with Crippen molar-refractivity contribution in [3.63, 3.8) is 0 Å². The molecule has 0 aliphatic heterocycles. The Morgan fingerprint density at radius 3 is 2.48 bits per heavy atom. The van der Waals surface area contributed by atoms with Gasteiger partial charge < -0.3 is 4.18 Å². The summed E-state index contributed by atoms with van der Waals surface area (Å²) < 4.78 is 5.57. The van der Waals surface area contributed by atoms with E-state index in [0.29, 0.717) is 0 Å². The summed E-state index contributed by atoms with van der Waals surface area (Å²) in [6, 6.07) is 20.2. The first-order valence-corrected chi connectivity index (χ1v) is 7.05. The molecule has 0 aliphatic carbocycles. The third kappa shape index (κ3) is 2.83. The van der Waals surface area contributed by atoms with Gasteiger partial charge in [0.05, 0.1) is 21.9 Å². The van der Waals surface area contributed by atoms with Gasteiger partial charge in [0, 0.05) is 6.07 Å². The van der Waals surface area contributed by atoms with Gasteiger partial charge in [0.15, 0.2) is 0 Å². The number of benzene rings is 3. The molecule has 0 saturated carbocycles. The van der Waals surface area contributed by atoms with Crippen molar-refractivity contribution in [2.75, 3.05) is 0 Å². The van der Waals surface area contributed by atoms with Crippen LogP contribution in [0.2, 0.25) is 0 Å². The van der Waals surface area contributed by atoms with E-state index in [9.17, 15) is 10.1 Å². The molecule has 0 aromatic heterocycles. The molecule has 0 amide bonds. The molecule has 0 aliphatic rings. The van der Waals surface area contributed by atoms with Crippen LogP contribution in [0.4, 0.5) is 5.69 Å². The van der Waals surface area contributed by atoms with Crippen molar-refractivity contribution in [1.82, 2.24) is 0 Å². The van der Waals surface area contributed by atoms with Gasteiger partial charge in [-0.25, -0.2) is 0 Å². The van der Waals surface area contributed by atoms with Crippen LogP contribution in [-0.2, 0) is 0 Å². The Morgan fingerprint density at radius 2 is 1.62 bits per heavy atom. The molecule has 0 unspecified atom stereocenters. The summed E-state index contributed by atoms with van der Waals surface area (Å²) in [6.45, 7) is 0. The lowest BCUT2D eigenvalue weighted by molar-refractivity contribution is -0.385. The maximum absolute atomic E-state index is 11.0. The van der Waals surface area contributed by atoms with Gasteiger partial charge in [-0.3, -0.25) is 10.1 Å². The van der Waals surface area contributed by atoms with Gasteiger partial charge in [-0.05, 0) is 22.9 Å². The number of nitro benzene ring substituents is 1. The first-order chi connectivity index (χ1) is 10.3. The van der Waals surface area contributed by atoms with Crippen molar-refractivity contribution >= 4 is 28.5 Å². The average Bonchev–Trinajstić information content (AvgIpc) is 2.53. The van der Waals surface area contributed by atoms with E-state index in [-0.39, 0.29) is 11.4 Å². The highest BCUT2D eigenvalue weighted by atomic mass is 32.2. The van der Waals surface area contributed by atoms with Gasteiger partial charge in [0.2, 0.25) is 5.75 Å². The smallest absolute Gasteiger partial charge is 0.312 e. The zero-order chi connectivity index (χ0) is 14.7. The second-order valence-corrected chi connectivity index (χ2v) is 5.14. The van der Waals surface area contributed by atoms with Gasteiger partial charge in [0.1, 0.15) is 0 Å². The fourth-order valence-electron chi connectivity index (χ4n) is 2.04. The molecule has 5 heteroatoms. The fourth-order valence-corrected chi connectivity index (χ4v) is 2.77. The Kier molecular flexibility index (Phi) is 3.75. The van der Waals surface area contributed by atoms with E-state index in [4.69, 9.17) is 4.18 Å². The van der Waals surface area contributed by atoms with Gasteiger partial charge in [-0.15, -0.1) is 0 Å². The lowest BCUT2D eigenvalue weighted by Gasteiger charge is -2.07. The summed E-state index contributed by atoms with van der Waals surface area (Å²) >= 11 is 1.13. The zero-order valence-electron chi connectivity index (χ0n) is 10.9. The molecule has 21 heavy (non-hydrogen) atoms. The number of nitro groups is 1. The molecule has 104 valence electrons. The van der Waals surface area contributed by atoms with E-state index in [2.05, 4.69) is 0 Å². The van der Waals surface area contributed by atoms with Crippen LogP contribution in [-0.4, -0.2) is 4.92 Å². The van der Waals surface area contributed by atoms with Crippen LogP contribution in [0.3, 0.4) is 0 Å². The Hall–Kier alpha value is -2.53. The van der Waals surface area contributed by atoms with Gasteiger partial charge in [-0.2, -0.15) is 0 Å². The van der Waals surface area contributed by atoms with Gasteiger partial charge >= 0.3 is 5.69 Å². The van der Waals surface area contributed by atoms with Crippen molar-refractivity contribution in [3.8, 4) is 5.75 Å². The zero-order valence-corrected chi connectivity index (χ0v) is 11.7. The van der Waals surface area contributed by atoms with Crippen LogP contribution in [0.25, 0.3) is 10.8 Å². The maximum Gasteiger partial charge on any atom is 0.312 e. The van der Waals surface area contributed by atoms with E-state index >= 15 is 0 Å². The third-order valence-corrected chi connectivity index (χ3v) is 3.83. The molecule has 3 aromatic carbocycles. The topological polar surface area (TPSA) is 52.4 Å². The van der Waals surface area contributed by atoms with Crippen LogP contribution >= 0.6 is 12.0 Å². The molecule has 0 radical (unpaired) electrons. The van der Waals surface area contributed by atoms with E-state index < -0.39 is 4.92 Å². The molecule has 4 nitrogen and oxygen atoms in total. The number of hydrogen-bond donors (Lipinski definition) is 0. The molecule has 0 saturated heterocycles. The lowest BCUT2D eigenvalue weighted by Crippen LogP contribution is -1.92. The summed E-state index contributed by atoms with van der Waals surface area (Å²) in [7, 11) is 0. The Balaban J connectivity index is 1.89. The summed E-state index contributed by atoms with van der Waals surface area (Å²) in [6.07, 6.45) is 0. The second kappa shape index (κ2) is 5.85. The molecule has 0 fully saturated rings. The largest absolute Gasteiger partial charge is 0.413 e. The van der Waals surface area contributed by atoms with E-state index in [1.807, 2.05) is 42.5 Å². The normalized spacial score (nSPS) is 10.5. The minimum absolute atomic E-state index is 0.0368. The Bertz CT molecular complexity index is 799. The van der Waals surface area contributed by atoms with Crippen molar-refractivity contribution in [2.24, 2.45) is 0 Å². The van der Waals surface area contributed by atoms with Crippen molar-refractivity contribution in [2.45, 2.75) is 4.90 Å². The number of rotatable bonds is 4. The first kappa shape index (κ1) is 13.5. The number of hydrogen-bond acceptors (Lipinski definition) is 4. The second-order valence-electron chi connectivity index (χ2n) is 4.37. The van der Waals surface area contributed by atoms with Crippen molar-refractivity contribution in [1.29, 1.82) is 0 Å². The average molecular weight is 297 g/mol. The minimum Gasteiger partial charge on any atom is -0.413 e. The molecule has 0 heterocycles.